The van der Waals surface area contributed by atoms with E-state index in [2.05, 4.69) is 18.7 Å². The van der Waals surface area contributed by atoms with Crippen LogP contribution in [0.25, 0.3) is 0 Å². The van der Waals surface area contributed by atoms with E-state index in [1.54, 1.807) is 19.2 Å². The number of anilines is 1. The van der Waals surface area contributed by atoms with E-state index in [1.807, 2.05) is 35.2 Å². The van der Waals surface area contributed by atoms with E-state index in [0.29, 0.717) is 12.3 Å². The maximum absolute atomic E-state index is 13.5. The molecule has 1 amide bonds. The average Bonchev–Trinajstić information content (AvgIpc) is 2.69. The zero-order valence-electron chi connectivity index (χ0n) is 17.6. The van der Waals surface area contributed by atoms with Gasteiger partial charge in [-0.15, -0.1) is 0 Å². The molecule has 29 heavy (non-hydrogen) atoms. The molecular formula is C24H31FN2O2. The molecule has 1 fully saturated rings. The Hall–Kier alpha value is -2.40. The third-order valence-corrected chi connectivity index (χ3v) is 5.42. The molecule has 0 bridgehead atoms. The van der Waals surface area contributed by atoms with Gasteiger partial charge in [0.25, 0.3) is 0 Å². The highest BCUT2D eigenvalue weighted by Gasteiger charge is 2.29. The lowest BCUT2D eigenvalue weighted by Crippen LogP contribution is -2.47. The summed E-state index contributed by atoms with van der Waals surface area (Å²) in [6.45, 7) is 6.68. The summed E-state index contributed by atoms with van der Waals surface area (Å²) in [4.78, 5) is 17.4. The predicted molar refractivity (Wildman–Crippen MR) is 115 cm³/mol. The van der Waals surface area contributed by atoms with Gasteiger partial charge in [-0.25, -0.2) is 4.39 Å². The number of methoxy groups -OCH3 is 1. The number of hydrogen-bond acceptors (Lipinski definition) is 3. The van der Waals surface area contributed by atoms with Crippen LogP contribution in [0.15, 0.2) is 48.5 Å². The zero-order chi connectivity index (χ0) is 20.8. The SMILES string of the molecule is COc1ccc(N(C(=O)CC(C)C)C2CCN(Cc3cccc(F)c3)CC2)cc1. The third kappa shape index (κ3) is 5.80. The van der Waals surface area contributed by atoms with Crippen LogP contribution in [0.5, 0.6) is 5.75 Å². The van der Waals surface area contributed by atoms with Gasteiger partial charge in [0.1, 0.15) is 11.6 Å². The summed E-state index contributed by atoms with van der Waals surface area (Å²) in [6, 6.07) is 14.7. The Labute approximate surface area is 173 Å². The predicted octanol–water partition coefficient (Wildman–Crippen LogP) is 4.88. The number of carbonyl (C=O) groups is 1. The molecule has 156 valence electrons. The summed E-state index contributed by atoms with van der Waals surface area (Å²) in [7, 11) is 1.64. The van der Waals surface area contributed by atoms with E-state index in [-0.39, 0.29) is 17.8 Å². The maximum atomic E-state index is 13.5. The van der Waals surface area contributed by atoms with Crippen LogP contribution < -0.4 is 9.64 Å². The monoisotopic (exact) mass is 398 g/mol. The number of rotatable bonds is 7. The van der Waals surface area contributed by atoms with Crippen molar-refractivity contribution in [3.05, 3.63) is 59.9 Å². The van der Waals surface area contributed by atoms with Crippen LogP contribution in [0.3, 0.4) is 0 Å². The number of piperidine rings is 1. The number of benzene rings is 2. The van der Waals surface area contributed by atoms with Gasteiger partial charge in [0.2, 0.25) is 5.91 Å². The lowest BCUT2D eigenvalue weighted by atomic mass is 9.99. The fraction of sp³-hybridized carbons (Fsp3) is 0.458. The van der Waals surface area contributed by atoms with Crippen molar-refractivity contribution in [1.82, 2.24) is 4.90 Å². The molecule has 0 saturated carbocycles. The summed E-state index contributed by atoms with van der Waals surface area (Å²) in [5.74, 6) is 1.09. The standard InChI is InChI=1S/C24H31FN2O2/c1-18(2)15-24(28)27(21-7-9-23(29-3)10-8-21)22-11-13-26(14-12-22)17-19-5-4-6-20(25)16-19/h4-10,16,18,22H,11-15,17H2,1-3H3. The molecule has 4 nitrogen and oxygen atoms in total. The van der Waals surface area contributed by atoms with Crippen molar-refractivity contribution in [2.24, 2.45) is 5.92 Å². The van der Waals surface area contributed by atoms with Gasteiger partial charge in [0.15, 0.2) is 0 Å². The van der Waals surface area contributed by atoms with Gasteiger partial charge in [-0.1, -0.05) is 26.0 Å². The van der Waals surface area contributed by atoms with Crippen LogP contribution in [-0.2, 0) is 11.3 Å². The number of likely N-dealkylation sites (tertiary alicyclic amines) is 1. The van der Waals surface area contributed by atoms with E-state index in [0.717, 1.165) is 49.5 Å². The quantitative estimate of drug-likeness (QED) is 0.667. The molecule has 1 heterocycles. The molecule has 0 aromatic heterocycles. The molecule has 1 aliphatic heterocycles. The molecule has 0 radical (unpaired) electrons. The molecule has 2 aromatic rings. The van der Waals surface area contributed by atoms with Gasteiger partial charge in [-0.3, -0.25) is 9.69 Å². The van der Waals surface area contributed by atoms with E-state index in [9.17, 15) is 9.18 Å². The summed E-state index contributed by atoms with van der Waals surface area (Å²) in [6.07, 6.45) is 2.35. The Morgan fingerprint density at radius 3 is 2.45 bits per heavy atom. The minimum absolute atomic E-state index is 0.175. The van der Waals surface area contributed by atoms with Crippen LogP contribution in [0.1, 0.15) is 38.7 Å². The summed E-state index contributed by atoms with van der Waals surface area (Å²) in [5, 5.41) is 0. The van der Waals surface area contributed by atoms with E-state index >= 15 is 0 Å². The van der Waals surface area contributed by atoms with Crippen molar-refractivity contribution in [3.63, 3.8) is 0 Å². The first-order valence-corrected chi connectivity index (χ1v) is 10.4. The third-order valence-electron chi connectivity index (χ3n) is 5.42. The largest absolute Gasteiger partial charge is 0.497 e. The zero-order valence-corrected chi connectivity index (χ0v) is 17.6. The van der Waals surface area contributed by atoms with E-state index in [1.165, 1.54) is 6.07 Å². The van der Waals surface area contributed by atoms with Gasteiger partial charge >= 0.3 is 0 Å². The first kappa shape index (κ1) is 21.3. The number of nitrogens with zero attached hydrogens (tertiary/aromatic N) is 2. The Morgan fingerprint density at radius 1 is 1.17 bits per heavy atom. The molecule has 3 rings (SSSR count). The molecule has 0 spiro atoms. The highest BCUT2D eigenvalue weighted by atomic mass is 19.1. The fourth-order valence-corrected chi connectivity index (χ4v) is 3.98. The number of amides is 1. The number of hydrogen-bond donors (Lipinski definition) is 0. The molecule has 0 atom stereocenters. The number of carbonyl (C=O) groups excluding carboxylic acids is 1. The molecule has 1 aliphatic rings. The molecule has 2 aromatic carbocycles. The van der Waals surface area contributed by atoms with Gasteiger partial charge < -0.3 is 9.64 Å². The smallest absolute Gasteiger partial charge is 0.227 e. The van der Waals surface area contributed by atoms with Crippen LogP contribution in [0, 0.1) is 11.7 Å². The number of halogens is 1. The van der Waals surface area contributed by atoms with Crippen molar-refractivity contribution in [3.8, 4) is 5.75 Å². The lowest BCUT2D eigenvalue weighted by molar-refractivity contribution is -0.120. The van der Waals surface area contributed by atoms with Gasteiger partial charge in [0, 0.05) is 37.8 Å². The second-order valence-electron chi connectivity index (χ2n) is 8.20. The van der Waals surface area contributed by atoms with Crippen molar-refractivity contribution >= 4 is 11.6 Å². The molecule has 0 N–H and O–H groups in total. The minimum atomic E-state index is -0.192. The summed E-state index contributed by atoms with van der Waals surface area (Å²) in [5.41, 5.74) is 1.92. The van der Waals surface area contributed by atoms with Gasteiger partial charge in [0.05, 0.1) is 7.11 Å². The second kappa shape index (κ2) is 9.88. The Bertz CT molecular complexity index is 799. The van der Waals surface area contributed by atoms with Gasteiger partial charge in [-0.05, 0) is 60.7 Å². The van der Waals surface area contributed by atoms with Crippen LogP contribution in [-0.4, -0.2) is 37.0 Å². The van der Waals surface area contributed by atoms with Crippen LogP contribution in [0.4, 0.5) is 10.1 Å². The first-order chi connectivity index (χ1) is 14.0. The maximum Gasteiger partial charge on any atom is 0.227 e. The van der Waals surface area contributed by atoms with Crippen LogP contribution >= 0.6 is 0 Å². The van der Waals surface area contributed by atoms with E-state index in [4.69, 9.17) is 4.74 Å². The highest BCUT2D eigenvalue weighted by Crippen LogP contribution is 2.28. The molecule has 0 aliphatic carbocycles. The first-order valence-electron chi connectivity index (χ1n) is 10.4. The molecule has 5 heteroatoms. The Morgan fingerprint density at radius 2 is 1.86 bits per heavy atom. The normalized spacial score (nSPS) is 15.5. The van der Waals surface area contributed by atoms with Crippen molar-refractivity contribution in [2.45, 2.75) is 45.7 Å². The second-order valence-corrected chi connectivity index (χ2v) is 8.20. The highest BCUT2D eigenvalue weighted by molar-refractivity contribution is 5.94. The van der Waals surface area contributed by atoms with Crippen molar-refractivity contribution in [2.75, 3.05) is 25.1 Å². The van der Waals surface area contributed by atoms with Crippen molar-refractivity contribution in [1.29, 1.82) is 0 Å². The lowest BCUT2D eigenvalue weighted by Gasteiger charge is -2.39. The average molecular weight is 399 g/mol. The Balaban J connectivity index is 1.69. The molecule has 0 unspecified atom stereocenters. The minimum Gasteiger partial charge on any atom is -0.497 e. The van der Waals surface area contributed by atoms with Crippen molar-refractivity contribution < 1.29 is 13.9 Å². The topological polar surface area (TPSA) is 32.8 Å². The fourth-order valence-electron chi connectivity index (χ4n) is 3.98. The van der Waals surface area contributed by atoms with Gasteiger partial charge in [-0.2, -0.15) is 0 Å². The summed E-state index contributed by atoms with van der Waals surface area (Å²) < 4.78 is 18.7. The van der Waals surface area contributed by atoms with E-state index < -0.39 is 0 Å². The summed E-state index contributed by atoms with van der Waals surface area (Å²) >= 11 is 0. The van der Waals surface area contributed by atoms with Crippen LogP contribution in [0.2, 0.25) is 0 Å². The molecular weight excluding hydrogens is 367 g/mol. The molecule has 1 saturated heterocycles. The number of ether oxygens (including phenoxy) is 1. The Kier molecular flexibility index (Phi) is 7.26.